The highest BCUT2D eigenvalue weighted by atomic mass is 15.2. The molecule has 0 amide bonds. The Bertz CT molecular complexity index is 341. The summed E-state index contributed by atoms with van der Waals surface area (Å²) in [6, 6.07) is 0.697. The Labute approximate surface area is 110 Å². The molecule has 1 unspecified atom stereocenters. The number of likely N-dealkylation sites (N-methyl/N-ethyl adjacent to an activating group) is 1. The summed E-state index contributed by atoms with van der Waals surface area (Å²) in [5.41, 5.74) is 0. The second-order valence-corrected chi connectivity index (χ2v) is 5.21. The van der Waals surface area contributed by atoms with Crippen molar-refractivity contribution in [2.75, 3.05) is 26.2 Å². The Kier molecular flexibility index (Phi) is 5.20. The van der Waals surface area contributed by atoms with Crippen LogP contribution in [0.15, 0.2) is 12.4 Å². The maximum absolute atomic E-state index is 4.27. The predicted octanol–water partition coefficient (Wildman–Crippen LogP) is 1.66. The highest BCUT2D eigenvalue weighted by Crippen LogP contribution is 2.08. The van der Waals surface area contributed by atoms with Crippen LogP contribution in [-0.4, -0.2) is 46.7 Å². The van der Waals surface area contributed by atoms with E-state index < -0.39 is 0 Å². The van der Waals surface area contributed by atoms with E-state index in [-0.39, 0.29) is 0 Å². The normalized spacial score (nSPS) is 20.5. The molecule has 2 heterocycles. The summed E-state index contributed by atoms with van der Waals surface area (Å²) in [7, 11) is 0. The highest BCUT2D eigenvalue weighted by molar-refractivity contribution is 4.88. The molecule has 1 saturated heterocycles. The second kappa shape index (κ2) is 6.90. The van der Waals surface area contributed by atoms with Crippen LogP contribution in [0.25, 0.3) is 0 Å². The molecule has 18 heavy (non-hydrogen) atoms. The number of aryl methyl sites for hydroxylation is 1. The molecule has 1 aromatic heterocycles. The lowest BCUT2D eigenvalue weighted by atomic mass is 10.0. The molecule has 4 heteroatoms. The maximum atomic E-state index is 4.27. The lowest BCUT2D eigenvalue weighted by Crippen LogP contribution is -2.44. The van der Waals surface area contributed by atoms with Gasteiger partial charge in [0.2, 0.25) is 0 Å². The molecule has 0 aliphatic carbocycles. The molecule has 1 aliphatic heterocycles. The van der Waals surface area contributed by atoms with Gasteiger partial charge in [0.25, 0.3) is 0 Å². The molecule has 102 valence electrons. The Balaban J connectivity index is 1.76. The Morgan fingerprint density at radius 3 is 3.00 bits per heavy atom. The molecule has 0 saturated carbocycles. The number of rotatable bonds is 6. The first kappa shape index (κ1) is 13.6. The van der Waals surface area contributed by atoms with Gasteiger partial charge in [0.05, 0.1) is 0 Å². The SMILES string of the molecule is CCN(CCn1ccnc1C)CC1CCCCN1. The van der Waals surface area contributed by atoms with Crippen molar-refractivity contribution in [1.82, 2.24) is 19.8 Å². The maximum Gasteiger partial charge on any atom is 0.105 e. The molecule has 4 nitrogen and oxygen atoms in total. The largest absolute Gasteiger partial charge is 0.334 e. The third kappa shape index (κ3) is 3.82. The summed E-state index contributed by atoms with van der Waals surface area (Å²) in [6.07, 6.45) is 8.02. The Hall–Kier alpha value is -0.870. The van der Waals surface area contributed by atoms with Crippen LogP contribution in [0.5, 0.6) is 0 Å². The number of nitrogens with one attached hydrogen (secondary N) is 1. The van der Waals surface area contributed by atoms with Crippen molar-refractivity contribution in [2.45, 2.75) is 45.7 Å². The van der Waals surface area contributed by atoms with Gasteiger partial charge < -0.3 is 14.8 Å². The predicted molar refractivity (Wildman–Crippen MR) is 74.7 cm³/mol. The first-order valence-electron chi connectivity index (χ1n) is 7.23. The lowest BCUT2D eigenvalue weighted by molar-refractivity contribution is 0.225. The fourth-order valence-corrected chi connectivity index (χ4v) is 2.66. The van der Waals surface area contributed by atoms with E-state index in [9.17, 15) is 0 Å². The molecular formula is C14H26N4. The van der Waals surface area contributed by atoms with Crippen LogP contribution < -0.4 is 5.32 Å². The van der Waals surface area contributed by atoms with Crippen molar-refractivity contribution in [3.8, 4) is 0 Å². The first-order chi connectivity index (χ1) is 8.79. The summed E-state index contributed by atoms with van der Waals surface area (Å²) < 4.78 is 2.23. The van der Waals surface area contributed by atoms with Gasteiger partial charge in [-0.15, -0.1) is 0 Å². The molecule has 0 bridgehead atoms. The lowest BCUT2D eigenvalue weighted by Gasteiger charge is -2.30. The third-order valence-electron chi connectivity index (χ3n) is 3.92. The zero-order valence-electron chi connectivity index (χ0n) is 11.7. The summed E-state index contributed by atoms with van der Waals surface area (Å²) in [4.78, 5) is 6.81. The minimum atomic E-state index is 0.697. The van der Waals surface area contributed by atoms with Crippen molar-refractivity contribution in [3.05, 3.63) is 18.2 Å². The van der Waals surface area contributed by atoms with E-state index in [0.29, 0.717) is 6.04 Å². The average Bonchev–Trinajstić information content (AvgIpc) is 2.81. The first-order valence-corrected chi connectivity index (χ1v) is 7.23. The van der Waals surface area contributed by atoms with Crippen LogP contribution in [-0.2, 0) is 6.54 Å². The van der Waals surface area contributed by atoms with E-state index in [4.69, 9.17) is 0 Å². The zero-order valence-corrected chi connectivity index (χ0v) is 11.7. The van der Waals surface area contributed by atoms with E-state index in [1.165, 1.54) is 32.4 Å². The van der Waals surface area contributed by atoms with Crippen LogP contribution >= 0.6 is 0 Å². The fourth-order valence-electron chi connectivity index (χ4n) is 2.66. The van der Waals surface area contributed by atoms with E-state index in [1.807, 2.05) is 6.20 Å². The third-order valence-corrected chi connectivity index (χ3v) is 3.92. The molecule has 0 aromatic carbocycles. The zero-order chi connectivity index (χ0) is 12.8. The number of imidazole rings is 1. The monoisotopic (exact) mass is 250 g/mol. The van der Waals surface area contributed by atoms with Crippen molar-refractivity contribution >= 4 is 0 Å². The van der Waals surface area contributed by atoms with Gasteiger partial charge in [-0.3, -0.25) is 0 Å². The molecule has 1 atom stereocenters. The number of nitrogens with zero attached hydrogens (tertiary/aromatic N) is 3. The molecule has 0 spiro atoms. The molecule has 1 N–H and O–H groups in total. The molecule has 0 radical (unpaired) electrons. The van der Waals surface area contributed by atoms with Gasteiger partial charge in [-0.05, 0) is 32.9 Å². The van der Waals surface area contributed by atoms with Crippen LogP contribution in [0.1, 0.15) is 32.0 Å². The average molecular weight is 250 g/mol. The van der Waals surface area contributed by atoms with Crippen LogP contribution in [0.2, 0.25) is 0 Å². The highest BCUT2D eigenvalue weighted by Gasteiger charge is 2.15. The van der Waals surface area contributed by atoms with Gasteiger partial charge >= 0.3 is 0 Å². The summed E-state index contributed by atoms with van der Waals surface area (Å²) in [5, 5.41) is 3.63. The van der Waals surface area contributed by atoms with E-state index in [2.05, 4.69) is 39.8 Å². The standard InChI is InChI=1S/C14H26N4/c1-3-17(12-14-6-4-5-7-16-14)10-11-18-9-8-15-13(18)2/h8-9,14,16H,3-7,10-12H2,1-2H3. The van der Waals surface area contributed by atoms with Gasteiger partial charge in [-0.25, -0.2) is 4.98 Å². The number of hydrogen-bond acceptors (Lipinski definition) is 3. The fraction of sp³-hybridized carbons (Fsp3) is 0.786. The Morgan fingerprint density at radius 1 is 1.50 bits per heavy atom. The molecule has 2 rings (SSSR count). The summed E-state index contributed by atoms with van der Waals surface area (Å²) in [5.74, 6) is 1.11. The van der Waals surface area contributed by atoms with Gasteiger partial charge in [0, 0.05) is 38.1 Å². The van der Waals surface area contributed by atoms with Crippen molar-refractivity contribution in [1.29, 1.82) is 0 Å². The quantitative estimate of drug-likeness (QED) is 0.833. The van der Waals surface area contributed by atoms with Gasteiger partial charge in [0.1, 0.15) is 5.82 Å². The number of aromatic nitrogens is 2. The summed E-state index contributed by atoms with van der Waals surface area (Å²) >= 11 is 0. The van der Waals surface area contributed by atoms with E-state index in [1.54, 1.807) is 0 Å². The van der Waals surface area contributed by atoms with Gasteiger partial charge in [-0.1, -0.05) is 13.3 Å². The van der Waals surface area contributed by atoms with Crippen molar-refractivity contribution < 1.29 is 0 Å². The van der Waals surface area contributed by atoms with Gasteiger partial charge in [-0.2, -0.15) is 0 Å². The van der Waals surface area contributed by atoms with Crippen LogP contribution in [0, 0.1) is 6.92 Å². The smallest absolute Gasteiger partial charge is 0.105 e. The molecular weight excluding hydrogens is 224 g/mol. The summed E-state index contributed by atoms with van der Waals surface area (Å²) in [6.45, 7) is 10.00. The van der Waals surface area contributed by atoms with Crippen LogP contribution in [0.3, 0.4) is 0 Å². The topological polar surface area (TPSA) is 33.1 Å². The number of piperidine rings is 1. The minimum Gasteiger partial charge on any atom is -0.334 e. The molecule has 1 aliphatic rings. The molecule has 1 fully saturated rings. The van der Waals surface area contributed by atoms with Crippen molar-refractivity contribution in [3.63, 3.8) is 0 Å². The van der Waals surface area contributed by atoms with Crippen LogP contribution in [0.4, 0.5) is 0 Å². The van der Waals surface area contributed by atoms with E-state index >= 15 is 0 Å². The van der Waals surface area contributed by atoms with E-state index in [0.717, 1.165) is 25.5 Å². The Morgan fingerprint density at radius 2 is 2.39 bits per heavy atom. The van der Waals surface area contributed by atoms with Gasteiger partial charge in [0.15, 0.2) is 0 Å². The van der Waals surface area contributed by atoms with Crippen molar-refractivity contribution in [2.24, 2.45) is 0 Å². The second-order valence-electron chi connectivity index (χ2n) is 5.21. The molecule has 1 aromatic rings. The minimum absolute atomic E-state index is 0.697. The number of hydrogen-bond donors (Lipinski definition) is 1.